The first kappa shape index (κ1) is 30.6. The zero-order chi connectivity index (χ0) is 29.5. The molecule has 2 heterocycles. The van der Waals surface area contributed by atoms with Crippen molar-refractivity contribution >= 4 is 0 Å². The highest BCUT2D eigenvalue weighted by Gasteiger charge is 2.45. The van der Waals surface area contributed by atoms with Gasteiger partial charge in [-0.2, -0.15) is 0 Å². The topological polar surface area (TPSA) is 136 Å². The van der Waals surface area contributed by atoms with Crippen LogP contribution in [0.2, 0.25) is 0 Å². The number of aliphatic hydroxyl groups excluding tert-OH is 4. The molecule has 4 rings (SSSR count). The zero-order valence-corrected chi connectivity index (χ0v) is 24.0. The van der Waals surface area contributed by atoms with Gasteiger partial charge in [0.25, 0.3) is 0 Å². The molecule has 0 amide bonds. The highest BCUT2D eigenvalue weighted by Crippen LogP contribution is 2.39. The molecule has 10 heteroatoms. The third kappa shape index (κ3) is 6.77. The summed E-state index contributed by atoms with van der Waals surface area (Å²) in [5.74, 6) is 1.00. The minimum atomic E-state index is -1.30. The van der Waals surface area contributed by atoms with Crippen molar-refractivity contribution in [3.05, 3.63) is 59.7 Å². The van der Waals surface area contributed by atoms with E-state index in [1.807, 2.05) is 55.8 Å². The molecule has 0 spiro atoms. The molecule has 1 saturated heterocycles. The first-order valence-corrected chi connectivity index (χ1v) is 14.0. The van der Waals surface area contributed by atoms with E-state index in [2.05, 4.69) is 12.1 Å². The van der Waals surface area contributed by atoms with Crippen LogP contribution in [0.1, 0.15) is 50.8 Å². The van der Waals surface area contributed by atoms with E-state index in [1.165, 1.54) is 0 Å². The van der Waals surface area contributed by atoms with Gasteiger partial charge in [-0.3, -0.25) is 4.68 Å². The summed E-state index contributed by atoms with van der Waals surface area (Å²) < 4.78 is 25.5. The van der Waals surface area contributed by atoms with Crippen molar-refractivity contribution in [2.24, 2.45) is 5.92 Å². The highest BCUT2D eigenvalue weighted by molar-refractivity contribution is 5.68. The van der Waals surface area contributed by atoms with Crippen LogP contribution in [0.4, 0.5) is 0 Å². The summed E-state index contributed by atoms with van der Waals surface area (Å²) in [6.45, 7) is 5.84. The molecule has 0 saturated carbocycles. The molecule has 1 unspecified atom stereocenters. The molecule has 3 aromatic rings. The zero-order valence-electron chi connectivity index (χ0n) is 24.0. The van der Waals surface area contributed by atoms with Gasteiger partial charge in [-0.05, 0) is 70.0 Å². The van der Waals surface area contributed by atoms with Crippen LogP contribution in [0, 0.1) is 18.1 Å². The monoisotopic (exact) mass is 568 g/mol. The van der Waals surface area contributed by atoms with E-state index in [0.29, 0.717) is 31.6 Å². The number of hydrogen-bond acceptors (Lipinski definition) is 9. The van der Waals surface area contributed by atoms with Crippen molar-refractivity contribution in [1.82, 2.24) is 9.78 Å². The summed E-state index contributed by atoms with van der Waals surface area (Å²) in [5.41, 5.74) is 3.22. The Morgan fingerprint density at radius 2 is 1.85 bits per heavy atom. The Morgan fingerprint density at radius 1 is 1.10 bits per heavy atom. The van der Waals surface area contributed by atoms with E-state index >= 15 is 0 Å². The van der Waals surface area contributed by atoms with Crippen molar-refractivity contribution in [2.45, 2.75) is 70.7 Å². The fraction of sp³-hybridized carbons (Fsp3) is 0.516. The molecule has 1 aliphatic rings. The summed E-state index contributed by atoms with van der Waals surface area (Å²) in [6, 6.07) is 17.4. The Morgan fingerprint density at radius 3 is 2.49 bits per heavy atom. The average molecular weight is 569 g/mol. The lowest BCUT2D eigenvalue weighted by atomic mass is 9.87. The number of benzene rings is 1. The second-order valence-corrected chi connectivity index (χ2v) is 10.3. The normalized spacial score (nSPS) is 22.4. The molecule has 1 aliphatic heterocycles. The standard InChI is InChI=1S/C31H40N2O8/c1-5-39-25-11-7-6-9-21(25)17-24-27(20-12-14-22(38-4)15-13-20)33(19(2)3)32-30(24)41-31-23(10-8-16-34)28(36)29(37)26(18-35)40-31/h7,11-15,19,23,26,28-29,31,34-37H,5,8,10,16-18H2,1-4H3/t23?,26-,28-,29-,31+/m1/s1. The highest BCUT2D eigenvalue weighted by atomic mass is 16.7. The van der Waals surface area contributed by atoms with Crippen molar-refractivity contribution in [2.75, 3.05) is 26.9 Å². The van der Waals surface area contributed by atoms with Crippen LogP contribution in [-0.4, -0.2) is 81.7 Å². The lowest BCUT2D eigenvalue weighted by molar-refractivity contribution is -0.262. The predicted molar refractivity (Wildman–Crippen MR) is 151 cm³/mol. The van der Waals surface area contributed by atoms with Crippen LogP contribution in [0.25, 0.3) is 11.3 Å². The third-order valence-electron chi connectivity index (χ3n) is 7.25. The fourth-order valence-corrected chi connectivity index (χ4v) is 5.14. The molecule has 0 aliphatic carbocycles. The fourth-order valence-electron chi connectivity index (χ4n) is 5.14. The van der Waals surface area contributed by atoms with Crippen molar-refractivity contribution in [1.29, 1.82) is 0 Å². The Bertz CT molecular complexity index is 1250. The molecule has 222 valence electrons. The van der Waals surface area contributed by atoms with E-state index < -0.39 is 37.1 Å². The van der Waals surface area contributed by atoms with Gasteiger partial charge in [-0.15, -0.1) is 5.10 Å². The number of aromatic nitrogens is 2. The lowest BCUT2D eigenvalue weighted by Crippen LogP contribution is -2.57. The van der Waals surface area contributed by atoms with Gasteiger partial charge in [0.05, 0.1) is 38.0 Å². The first-order chi connectivity index (χ1) is 19.8. The van der Waals surface area contributed by atoms with E-state index in [9.17, 15) is 20.4 Å². The number of rotatable bonds is 13. The molecule has 2 aromatic carbocycles. The van der Waals surface area contributed by atoms with Crippen LogP contribution >= 0.6 is 0 Å². The van der Waals surface area contributed by atoms with E-state index in [4.69, 9.17) is 24.0 Å². The smallest absolute Gasteiger partial charge is 0.239 e. The molecule has 4 N–H and O–H groups in total. The largest absolute Gasteiger partial charge is 0.497 e. The Hall–Kier alpha value is -3.33. The number of hydrogen-bond donors (Lipinski definition) is 4. The maximum atomic E-state index is 10.9. The van der Waals surface area contributed by atoms with Crippen LogP contribution in [0.15, 0.2) is 36.4 Å². The molecule has 41 heavy (non-hydrogen) atoms. The van der Waals surface area contributed by atoms with E-state index in [-0.39, 0.29) is 18.5 Å². The summed E-state index contributed by atoms with van der Waals surface area (Å²) in [7, 11) is 1.62. The SMILES string of the molecule is CCOc1ccc#cc1Cc1c(O[C@@H]2O[C@H](CO)[C@@H](O)[C@H](O)C2CCCO)nn(C(C)C)c1-c1ccc(OC)cc1. The first-order valence-electron chi connectivity index (χ1n) is 14.0. The minimum Gasteiger partial charge on any atom is -0.497 e. The van der Waals surface area contributed by atoms with Gasteiger partial charge in [-0.1, -0.05) is 12.1 Å². The maximum Gasteiger partial charge on any atom is 0.239 e. The molecule has 5 atom stereocenters. The second kappa shape index (κ2) is 14.0. The van der Waals surface area contributed by atoms with Gasteiger partial charge in [0.2, 0.25) is 12.2 Å². The van der Waals surface area contributed by atoms with Crippen LogP contribution in [0.5, 0.6) is 17.4 Å². The molecule has 10 nitrogen and oxygen atoms in total. The number of aliphatic hydroxyl groups is 4. The summed E-state index contributed by atoms with van der Waals surface area (Å²) in [6.07, 6.45) is -3.55. The third-order valence-corrected chi connectivity index (χ3v) is 7.25. The van der Waals surface area contributed by atoms with Gasteiger partial charge >= 0.3 is 0 Å². The molecular formula is C31H40N2O8. The lowest BCUT2D eigenvalue weighted by Gasteiger charge is -2.41. The molecule has 1 fully saturated rings. The predicted octanol–water partition coefficient (Wildman–Crippen LogP) is 2.94. The molecule has 0 bridgehead atoms. The van der Waals surface area contributed by atoms with E-state index in [0.717, 1.165) is 28.1 Å². The van der Waals surface area contributed by atoms with Gasteiger partial charge in [-0.25, -0.2) is 0 Å². The van der Waals surface area contributed by atoms with Gasteiger partial charge < -0.3 is 39.4 Å². The summed E-state index contributed by atoms with van der Waals surface area (Å²) >= 11 is 0. The van der Waals surface area contributed by atoms with Crippen LogP contribution in [-0.2, 0) is 11.2 Å². The molecular weight excluding hydrogens is 528 g/mol. The minimum absolute atomic E-state index is 0.0454. The second-order valence-electron chi connectivity index (χ2n) is 10.3. The number of methoxy groups -OCH3 is 1. The van der Waals surface area contributed by atoms with E-state index in [1.54, 1.807) is 13.2 Å². The number of nitrogens with zero attached hydrogens (tertiary/aromatic N) is 2. The Kier molecular flexibility index (Phi) is 10.5. The summed E-state index contributed by atoms with van der Waals surface area (Å²) in [4.78, 5) is 0. The quantitative estimate of drug-likeness (QED) is 0.245. The van der Waals surface area contributed by atoms with Gasteiger partial charge in [0, 0.05) is 35.8 Å². The Balaban J connectivity index is 1.84. The maximum absolute atomic E-state index is 10.9. The van der Waals surface area contributed by atoms with Crippen molar-refractivity contribution in [3.8, 4) is 28.6 Å². The van der Waals surface area contributed by atoms with Crippen molar-refractivity contribution in [3.63, 3.8) is 0 Å². The molecule has 1 aromatic heterocycles. The molecule has 0 radical (unpaired) electrons. The average Bonchev–Trinajstić information content (AvgIpc) is 3.33. The van der Waals surface area contributed by atoms with Crippen LogP contribution < -0.4 is 14.2 Å². The Labute approximate surface area is 241 Å². The van der Waals surface area contributed by atoms with Crippen molar-refractivity contribution < 1.29 is 39.4 Å². The van der Waals surface area contributed by atoms with Gasteiger partial charge in [0.15, 0.2) is 0 Å². The summed E-state index contributed by atoms with van der Waals surface area (Å²) in [5, 5.41) is 45.6. The van der Waals surface area contributed by atoms with Crippen LogP contribution in [0.3, 0.4) is 0 Å². The van der Waals surface area contributed by atoms with Gasteiger partial charge in [0.1, 0.15) is 23.7 Å². The number of ether oxygens (including phenoxy) is 4.